The Bertz CT molecular complexity index is 675. The van der Waals surface area contributed by atoms with Gasteiger partial charge in [0.1, 0.15) is 18.1 Å². The number of carbonyl (C=O) groups excluding carboxylic acids is 1. The first kappa shape index (κ1) is 17.8. The Morgan fingerprint density at radius 3 is 2.87 bits per heavy atom. The number of furan rings is 1. The van der Waals surface area contributed by atoms with Crippen molar-refractivity contribution in [3.05, 3.63) is 58.5 Å². The molecule has 1 saturated heterocycles. The molecular weight excluding hydrogens is 339 g/mol. The van der Waals surface area contributed by atoms with Crippen LogP contribution in [0.5, 0.6) is 0 Å². The van der Waals surface area contributed by atoms with E-state index in [-0.39, 0.29) is 31.0 Å². The van der Waals surface area contributed by atoms with Crippen LogP contribution in [0.4, 0.5) is 0 Å². The lowest BCUT2D eigenvalue weighted by Crippen LogP contribution is -2.42. The Morgan fingerprint density at radius 1 is 1.39 bits per heavy atom. The highest BCUT2D eigenvalue weighted by Gasteiger charge is 2.27. The quantitative estimate of drug-likeness (QED) is 0.917. The van der Waals surface area contributed by atoms with Gasteiger partial charge in [0.15, 0.2) is 0 Å². The molecule has 2 aromatic rings. The summed E-state index contributed by atoms with van der Waals surface area (Å²) < 4.78 is 11.0. The second-order valence-corrected chi connectivity index (χ2v) is 5.55. The van der Waals surface area contributed by atoms with E-state index in [0.29, 0.717) is 36.0 Å². The van der Waals surface area contributed by atoms with E-state index >= 15 is 0 Å². The zero-order valence-corrected chi connectivity index (χ0v) is 14.0. The molecule has 2 heterocycles. The summed E-state index contributed by atoms with van der Waals surface area (Å²) in [4.78, 5) is 14.3. The van der Waals surface area contributed by atoms with E-state index in [4.69, 9.17) is 26.5 Å². The Balaban J connectivity index is 0.00000192. The summed E-state index contributed by atoms with van der Waals surface area (Å²) >= 11 is 6.21. The highest BCUT2D eigenvalue weighted by atomic mass is 35.5. The second kappa shape index (κ2) is 7.84. The highest BCUT2D eigenvalue weighted by molar-refractivity contribution is 6.31. The molecule has 1 unspecified atom stereocenters. The molecule has 1 atom stereocenters. The summed E-state index contributed by atoms with van der Waals surface area (Å²) in [6, 6.07) is 9.21. The third-order valence-corrected chi connectivity index (χ3v) is 4.05. The number of halogens is 2. The number of amides is 1. The molecule has 0 spiro atoms. The number of hydrogen-bond donors (Lipinski definition) is 1. The van der Waals surface area contributed by atoms with Gasteiger partial charge in [-0.1, -0.05) is 29.8 Å². The van der Waals surface area contributed by atoms with Gasteiger partial charge in [-0.15, -0.1) is 12.4 Å². The molecule has 0 radical (unpaired) electrons. The summed E-state index contributed by atoms with van der Waals surface area (Å²) in [7, 11) is 0. The highest BCUT2D eigenvalue weighted by Crippen LogP contribution is 2.28. The SMILES string of the molecule is Cl.NCc1cc(C(=O)N2CCOC(c3ccccc3Cl)C2)co1. The van der Waals surface area contributed by atoms with Crippen LogP contribution in [0.3, 0.4) is 0 Å². The summed E-state index contributed by atoms with van der Waals surface area (Å²) in [5.41, 5.74) is 6.92. The third kappa shape index (κ3) is 3.87. The van der Waals surface area contributed by atoms with Crippen molar-refractivity contribution in [2.45, 2.75) is 12.6 Å². The van der Waals surface area contributed by atoms with Crippen molar-refractivity contribution in [2.75, 3.05) is 19.7 Å². The maximum atomic E-state index is 12.5. The zero-order chi connectivity index (χ0) is 15.5. The van der Waals surface area contributed by atoms with Crippen molar-refractivity contribution in [3.63, 3.8) is 0 Å². The van der Waals surface area contributed by atoms with Gasteiger partial charge in [-0.25, -0.2) is 0 Å². The summed E-state index contributed by atoms with van der Waals surface area (Å²) in [6.07, 6.45) is 1.23. The lowest BCUT2D eigenvalue weighted by atomic mass is 10.1. The topological polar surface area (TPSA) is 68.7 Å². The third-order valence-electron chi connectivity index (χ3n) is 3.71. The molecule has 124 valence electrons. The van der Waals surface area contributed by atoms with Crippen LogP contribution in [-0.4, -0.2) is 30.5 Å². The minimum atomic E-state index is -0.215. The molecule has 2 N–H and O–H groups in total. The molecular formula is C16H18Cl2N2O3. The molecule has 1 aliphatic rings. The predicted molar refractivity (Wildman–Crippen MR) is 89.9 cm³/mol. The van der Waals surface area contributed by atoms with Crippen molar-refractivity contribution >= 4 is 29.9 Å². The van der Waals surface area contributed by atoms with Gasteiger partial charge in [-0.05, 0) is 12.1 Å². The molecule has 1 aromatic heterocycles. The molecule has 1 fully saturated rings. The normalized spacial score (nSPS) is 17.7. The van der Waals surface area contributed by atoms with Crippen LogP contribution in [0, 0.1) is 0 Å². The fourth-order valence-corrected chi connectivity index (χ4v) is 2.80. The molecule has 1 aliphatic heterocycles. The molecule has 0 bridgehead atoms. The average Bonchev–Trinajstić information content (AvgIpc) is 3.04. The minimum absolute atomic E-state index is 0. The smallest absolute Gasteiger partial charge is 0.257 e. The number of ether oxygens (including phenoxy) is 1. The number of hydrogen-bond acceptors (Lipinski definition) is 4. The molecule has 7 heteroatoms. The van der Waals surface area contributed by atoms with Crippen molar-refractivity contribution in [1.82, 2.24) is 4.90 Å². The monoisotopic (exact) mass is 356 g/mol. The maximum absolute atomic E-state index is 12.5. The molecule has 1 amide bonds. The Hall–Kier alpha value is -1.53. The van der Waals surface area contributed by atoms with Crippen molar-refractivity contribution in [1.29, 1.82) is 0 Å². The van der Waals surface area contributed by atoms with Gasteiger partial charge in [0.2, 0.25) is 0 Å². The van der Waals surface area contributed by atoms with Crippen LogP contribution in [0.25, 0.3) is 0 Å². The van der Waals surface area contributed by atoms with Gasteiger partial charge in [0, 0.05) is 17.1 Å². The fraction of sp³-hybridized carbons (Fsp3) is 0.312. The van der Waals surface area contributed by atoms with E-state index in [9.17, 15) is 4.79 Å². The van der Waals surface area contributed by atoms with Crippen LogP contribution < -0.4 is 5.73 Å². The number of benzene rings is 1. The number of nitrogens with two attached hydrogens (primary N) is 1. The summed E-state index contributed by atoms with van der Waals surface area (Å²) in [6.45, 7) is 1.76. The molecule has 5 nitrogen and oxygen atoms in total. The molecule has 0 saturated carbocycles. The average molecular weight is 357 g/mol. The standard InChI is InChI=1S/C16H17ClN2O3.ClH/c17-14-4-2-1-3-13(14)15-9-19(5-6-21-15)16(20)11-7-12(8-18)22-10-11;/h1-4,7,10,15H,5-6,8-9,18H2;1H. The Kier molecular flexibility index (Phi) is 6.07. The maximum Gasteiger partial charge on any atom is 0.257 e. The fourth-order valence-electron chi connectivity index (χ4n) is 2.54. The number of carbonyl (C=O) groups is 1. The van der Waals surface area contributed by atoms with Crippen molar-refractivity contribution in [2.24, 2.45) is 5.73 Å². The number of rotatable bonds is 3. The predicted octanol–water partition coefficient (Wildman–Crippen LogP) is 3.03. The zero-order valence-electron chi connectivity index (χ0n) is 12.4. The van der Waals surface area contributed by atoms with E-state index in [0.717, 1.165) is 5.56 Å². The summed E-state index contributed by atoms with van der Waals surface area (Å²) in [5, 5.41) is 0.649. The molecule has 0 aliphatic carbocycles. The minimum Gasteiger partial charge on any atom is -0.467 e. The van der Waals surface area contributed by atoms with Gasteiger partial charge in [-0.3, -0.25) is 4.79 Å². The molecule has 3 rings (SSSR count). The Morgan fingerprint density at radius 2 is 2.17 bits per heavy atom. The van der Waals surface area contributed by atoms with E-state index < -0.39 is 0 Å². The largest absolute Gasteiger partial charge is 0.467 e. The lowest BCUT2D eigenvalue weighted by Gasteiger charge is -2.33. The van der Waals surface area contributed by atoms with Gasteiger partial charge >= 0.3 is 0 Å². The van der Waals surface area contributed by atoms with Gasteiger partial charge < -0.3 is 19.8 Å². The number of nitrogens with zero attached hydrogens (tertiary/aromatic N) is 1. The Labute approximate surface area is 145 Å². The first-order chi connectivity index (χ1) is 10.7. The van der Waals surface area contributed by atoms with Crippen LogP contribution in [0.15, 0.2) is 41.0 Å². The van der Waals surface area contributed by atoms with Gasteiger partial charge in [0.25, 0.3) is 5.91 Å². The van der Waals surface area contributed by atoms with E-state index in [1.54, 1.807) is 11.0 Å². The number of morpholine rings is 1. The molecule has 23 heavy (non-hydrogen) atoms. The van der Waals surface area contributed by atoms with Gasteiger partial charge in [0.05, 0.1) is 25.3 Å². The van der Waals surface area contributed by atoms with Gasteiger partial charge in [-0.2, -0.15) is 0 Å². The second-order valence-electron chi connectivity index (χ2n) is 5.14. The van der Waals surface area contributed by atoms with Crippen LogP contribution >= 0.6 is 24.0 Å². The summed E-state index contributed by atoms with van der Waals surface area (Å²) in [5.74, 6) is 0.517. The first-order valence-electron chi connectivity index (χ1n) is 7.12. The van der Waals surface area contributed by atoms with E-state index in [1.807, 2.05) is 24.3 Å². The van der Waals surface area contributed by atoms with Crippen LogP contribution in [-0.2, 0) is 11.3 Å². The van der Waals surface area contributed by atoms with Crippen molar-refractivity contribution < 1.29 is 13.9 Å². The van der Waals surface area contributed by atoms with Crippen molar-refractivity contribution in [3.8, 4) is 0 Å². The van der Waals surface area contributed by atoms with E-state index in [2.05, 4.69) is 0 Å². The van der Waals surface area contributed by atoms with Crippen LogP contribution in [0.2, 0.25) is 5.02 Å². The molecule has 1 aromatic carbocycles. The van der Waals surface area contributed by atoms with Crippen LogP contribution in [0.1, 0.15) is 27.8 Å². The lowest BCUT2D eigenvalue weighted by molar-refractivity contribution is -0.0228. The van der Waals surface area contributed by atoms with E-state index in [1.165, 1.54) is 6.26 Å². The first-order valence-corrected chi connectivity index (χ1v) is 7.49.